The van der Waals surface area contributed by atoms with Gasteiger partial charge in [0.25, 0.3) is 0 Å². The predicted molar refractivity (Wildman–Crippen MR) is 264 cm³/mol. The maximum Gasteiger partial charge on any atom is 0.193 e. The monoisotopic (exact) mass is 827 g/mol. The van der Waals surface area contributed by atoms with Gasteiger partial charge in [-0.15, -0.1) is 11.3 Å². The molecule has 5 heteroatoms. The number of carbonyl (C=O) groups excluding carboxylic acids is 1. The maximum atomic E-state index is 14.6. The Labute approximate surface area is 371 Å². The van der Waals surface area contributed by atoms with Crippen LogP contribution in [0.3, 0.4) is 0 Å². The number of para-hydroxylation sites is 2. The van der Waals surface area contributed by atoms with Crippen molar-refractivity contribution in [3.8, 4) is 11.1 Å². The Kier molecular flexibility index (Phi) is 8.50. The number of ketones is 1. The molecule has 0 N–H and O–H groups in total. The summed E-state index contributed by atoms with van der Waals surface area (Å²) in [5.74, 6) is 0.0611. The number of hydrogen-bond acceptors (Lipinski definition) is 5. The average Bonchev–Trinajstić information content (AvgIpc) is 3.70. The van der Waals surface area contributed by atoms with E-state index in [0.717, 1.165) is 79.0 Å². The molecule has 0 unspecified atom stereocenters. The summed E-state index contributed by atoms with van der Waals surface area (Å²) in [6.07, 6.45) is 0. The number of anilines is 9. The van der Waals surface area contributed by atoms with Gasteiger partial charge in [-0.2, -0.15) is 0 Å². The van der Waals surface area contributed by atoms with Crippen LogP contribution >= 0.6 is 11.3 Å². The Hall–Kier alpha value is -7.73. The van der Waals surface area contributed by atoms with Crippen LogP contribution in [0.5, 0.6) is 0 Å². The van der Waals surface area contributed by atoms with Crippen LogP contribution in [0.4, 0.5) is 51.2 Å². The second kappa shape index (κ2) is 14.4. The molecule has 1 aliphatic heterocycles. The van der Waals surface area contributed by atoms with E-state index in [1.165, 1.54) is 25.7 Å². The van der Waals surface area contributed by atoms with Crippen molar-refractivity contribution in [3.05, 3.63) is 235 Å². The molecule has 12 rings (SSSR count). The van der Waals surface area contributed by atoms with Crippen LogP contribution in [0, 0.1) is 0 Å². The minimum absolute atomic E-state index is 0.0611. The summed E-state index contributed by atoms with van der Waals surface area (Å²) in [5, 5.41) is 2.44. The van der Waals surface area contributed by atoms with E-state index < -0.39 is 0 Å². The predicted octanol–water partition coefficient (Wildman–Crippen LogP) is 16.3. The molecule has 0 bridgehead atoms. The number of carbonyl (C=O) groups is 1. The molecule has 4 nitrogen and oxygen atoms in total. The third kappa shape index (κ3) is 5.92. The summed E-state index contributed by atoms with van der Waals surface area (Å²) in [6.45, 7) is 4.46. The lowest BCUT2D eigenvalue weighted by molar-refractivity contribution is 0.103. The van der Waals surface area contributed by atoms with Gasteiger partial charge in [0.05, 0.1) is 22.7 Å². The maximum absolute atomic E-state index is 14.6. The largest absolute Gasteiger partial charge is 0.310 e. The van der Waals surface area contributed by atoms with E-state index in [9.17, 15) is 4.79 Å². The first-order valence-electron chi connectivity index (χ1n) is 21.5. The highest BCUT2D eigenvalue weighted by Crippen LogP contribution is 2.58. The molecular formula is C58H41N3OS. The Balaban J connectivity index is 1.15. The van der Waals surface area contributed by atoms with E-state index in [4.69, 9.17) is 0 Å². The molecule has 0 amide bonds. The lowest BCUT2D eigenvalue weighted by Gasteiger charge is -2.42. The third-order valence-corrected chi connectivity index (χ3v) is 14.1. The first-order chi connectivity index (χ1) is 30.9. The van der Waals surface area contributed by atoms with Crippen molar-refractivity contribution >= 4 is 88.5 Å². The van der Waals surface area contributed by atoms with E-state index >= 15 is 0 Å². The Morgan fingerprint density at radius 3 is 1.79 bits per heavy atom. The first-order valence-corrected chi connectivity index (χ1v) is 22.3. The van der Waals surface area contributed by atoms with Crippen molar-refractivity contribution in [2.24, 2.45) is 0 Å². The van der Waals surface area contributed by atoms with Gasteiger partial charge in [-0.1, -0.05) is 141 Å². The minimum atomic E-state index is -0.350. The van der Waals surface area contributed by atoms with E-state index in [0.29, 0.717) is 0 Å². The van der Waals surface area contributed by atoms with Crippen LogP contribution in [-0.2, 0) is 5.41 Å². The Bertz CT molecular complexity index is 3370. The molecule has 0 spiro atoms. The van der Waals surface area contributed by atoms with Crippen LogP contribution < -0.4 is 14.7 Å². The molecular weight excluding hydrogens is 787 g/mol. The van der Waals surface area contributed by atoms with Gasteiger partial charge < -0.3 is 14.7 Å². The fourth-order valence-corrected chi connectivity index (χ4v) is 11.0. The smallest absolute Gasteiger partial charge is 0.193 e. The molecule has 1 aromatic heterocycles. The van der Waals surface area contributed by atoms with Gasteiger partial charge in [-0.05, 0) is 107 Å². The van der Waals surface area contributed by atoms with Crippen LogP contribution in [0.2, 0.25) is 0 Å². The Morgan fingerprint density at radius 1 is 0.413 bits per heavy atom. The summed E-state index contributed by atoms with van der Waals surface area (Å²) in [5.41, 5.74) is 14.9. The zero-order valence-corrected chi connectivity index (χ0v) is 35.7. The van der Waals surface area contributed by atoms with Crippen molar-refractivity contribution in [1.82, 2.24) is 0 Å². The highest BCUT2D eigenvalue weighted by atomic mass is 32.1. The summed E-state index contributed by atoms with van der Waals surface area (Å²) in [7, 11) is 0. The van der Waals surface area contributed by atoms with Gasteiger partial charge in [-0.25, -0.2) is 0 Å². The number of benzene rings is 9. The topological polar surface area (TPSA) is 26.8 Å². The average molecular weight is 828 g/mol. The fraction of sp³-hybridized carbons (Fsp3) is 0.0517. The fourth-order valence-electron chi connectivity index (χ4n) is 9.92. The first kappa shape index (κ1) is 37.1. The minimum Gasteiger partial charge on any atom is -0.310 e. The molecule has 2 heterocycles. The van der Waals surface area contributed by atoms with Gasteiger partial charge in [0.15, 0.2) is 5.78 Å². The van der Waals surface area contributed by atoms with Gasteiger partial charge >= 0.3 is 0 Å². The van der Waals surface area contributed by atoms with Crippen LogP contribution in [-0.4, -0.2) is 5.78 Å². The van der Waals surface area contributed by atoms with Gasteiger partial charge in [-0.3, -0.25) is 4.79 Å². The number of nitrogens with zero attached hydrogens (tertiary/aromatic N) is 3. The van der Waals surface area contributed by atoms with Crippen molar-refractivity contribution < 1.29 is 4.79 Å². The molecule has 0 radical (unpaired) electrons. The van der Waals surface area contributed by atoms with E-state index in [2.05, 4.69) is 223 Å². The number of rotatable bonds is 6. The van der Waals surface area contributed by atoms with Crippen molar-refractivity contribution in [2.75, 3.05) is 14.7 Å². The standard InChI is InChI=1S/C58H41N3OS/c1-58(2)49-27-14-12-26-46(49)57(62)48-34-43(29-31-50(48)58)61-52-35-44(59(40-20-8-4-9-21-40)41-22-10-5-11-23-41)30-32-51(52)60(42-24-16-19-39(33-42)38-17-6-3-7-18-38)54-37-56-47(36-53(54)61)45-25-13-15-28-55(45)63-56/h3-37H,1-2H3. The molecule has 300 valence electrons. The molecule has 0 saturated heterocycles. The summed E-state index contributed by atoms with van der Waals surface area (Å²) in [6, 6.07) is 75.5. The summed E-state index contributed by atoms with van der Waals surface area (Å²) in [4.78, 5) is 21.8. The summed E-state index contributed by atoms with van der Waals surface area (Å²) >= 11 is 1.83. The SMILES string of the molecule is CC1(C)c2ccccc2C(=O)c2cc(N3c4cc(N(c5ccccc5)c5ccccc5)ccc4N(c4cccc(-c5ccccc5)c4)c4cc5sc6ccccc6c5cc43)ccc21. The van der Waals surface area contributed by atoms with Gasteiger partial charge in [0.2, 0.25) is 0 Å². The van der Waals surface area contributed by atoms with Crippen molar-refractivity contribution in [1.29, 1.82) is 0 Å². The zero-order chi connectivity index (χ0) is 42.2. The molecule has 0 atom stereocenters. The number of hydrogen-bond donors (Lipinski definition) is 0. The lowest BCUT2D eigenvalue weighted by Crippen LogP contribution is -2.31. The van der Waals surface area contributed by atoms with E-state index in [1.807, 2.05) is 29.5 Å². The molecule has 2 aliphatic rings. The molecule has 9 aromatic carbocycles. The molecule has 1 aliphatic carbocycles. The van der Waals surface area contributed by atoms with Crippen molar-refractivity contribution in [2.45, 2.75) is 19.3 Å². The summed E-state index contributed by atoms with van der Waals surface area (Å²) < 4.78 is 2.47. The lowest BCUT2D eigenvalue weighted by atomic mass is 9.68. The van der Waals surface area contributed by atoms with Crippen LogP contribution in [0.25, 0.3) is 31.3 Å². The number of thiophene rings is 1. The van der Waals surface area contributed by atoms with E-state index in [1.54, 1.807) is 0 Å². The van der Waals surface area contributed by atoms with Gasteiger partial charge in [0.1, 0.15) is 0 Å². The van der Waals surface area contributed by atoms with E-state index in [-0.39, 0.29) is 11.2 Å². The number of fused-ring (bicyclic) bond motifs is 7. The zero-order valence-electron chi connectivity index (χ0n) is 34.9. The van der Waals surface area contributed by atoms with Gasteiger partial charge in [0, 0.05) is 65.2 Å². The third-order valence-electron chi connectivity index (χ3n) is 12.9. The molecule has 0 saturated carbocycles. The van der Waals surface area contributed by atoms with Crippen molar-refractivity contribution in [3.63, 3.8) is 0 Å². The quantitative estimate of drug-likeness (QED) is 0.167. The molecule has 63 heavy (non-hydrogen) atoms. The van der Waals surface area contributed by atoms with Crippen LogP contribution in [0.15, 0.2) is 212 Å². The highest BCUT2D eigenvalue weighted by molar-refractivity contribution is 7.25. The Morgan fingerprint density at radius 2 is 1.02 bits per heavy atom. The molecule has 0 fully saturated rings. The molecule has 10 aromatic rings. The second-order valence-corrected chi connectivity index (χ2v) is 18.0. The highest BCUT2D eigenvalue weighted by Gasteiger charge is 2.38. The van der Waals surface area contributed by atoms with Crippen LogP contribution in [0.1, 0.15) is 40.9 Å². The second-order valence-electron chi connectivity index (χ2n) is 16.9. The normalized spacial score (nSPS) is 13.7.